The first-order valence-corrected chi connectivity index (χ1v) is 37.6. The lowest BCUT2D eigenvalue weighted by Gasteiger charge is -2.40. The van der Waals surface area contributed by atoms with Gasteiger partial charge in [-0.25, -0.2) is 34.9 Å². The number of piperidine rings is 1. The van der Waals surface area contributed by atoms with E-state index < -0.39 is 0 Å². The van der Waals surface area contributed by atoms with Gasteiger partial charge in [-0.15, -0.1) is 0 Å². The summed E-state index contributed by atoms with van der Waals surface area (Å²) in [5.74, 6) is 4.28. The Labute approximate surface area is 632 Å². The minimum atomic E-state index is -0.275. The van der Waals surface area contributed by atoms with Gasteiger partial charge in [0.05, 0.1) is 57.8 Å². The monoisotopic (exact) mass is 1450 g/mol. The Morgan fingerprint density at radius 3 is 1.41 bits per heavy atom. The molecular formula is C81H110N22O4. The van der Waals surface area contributed by atoms with Gasteiger partial charge in [0.25, 0.3) is 0 Å². The summed E-state index contributed by atoms with van der Waals surface area (Å²) in [7, 11) is 0. The summed E-state index contributed by atoms with van der Waals surface area (Å²) in [6.45, 7) is 25.9. The maximum absolute atomic E-state index is 13.1. The molecule has 0 unspecified atom stereocenters. The van der Waals surface area contributed by atoms with Crippen LogP contribution in [0.5, 0.6) is 0 Å². The molecule has 0 radical (unpaired) electrons. The van der Waals surface area contributed by atoms with E-state index in [9.17, 15) is 24.4 Å². The van der Waals surface area contributed by atoms with Crippen LogP contribution in [0.1, 0.15) is 193 Å². The lowest BCUT2D eigenvalue weighted by atomic mass is 9.98. The van der Waals surface area contributed by atoms with Crippen molar-refractivity contribution in [2.24, 2.45) is 17.8 Å². The molecule has 107 heavy (non-hydrogen) atoms. The Balaban J connectivity index is 0.000000202. The van der Waals surface area contributed by atoms with Gasteiger partial charge in [0.15, 0.2) is 0 Å². The van der Waals surface area contributed by atoms with Gasteiger partial charge >= 0.3 is 0 Å². The maximum Gasteiger partial charge on any atom is 0.217 e. The normalized spacial score (nSPS) is 18.1. The first-order chi connectivity index (χ1) is 51.7. The molecule has 0 spiro atoms. The molecule has 0 aliphatic carbocycles. The number of nitrogens with two attached hydrogens (primary N) is 4. The number of piperazine rings is 3. The molecule has 12 heterocycles. The van der Waals surface area contributed by atoms with Crippen molar-refractivity contribution in [1.29, 1.82) is 5.26 Å². The van der Waals surface area contributed by atoms with E-state index in [0.717, 1.165) is 140 Å². The summed E-state index contributed by atoms with van der Waals surface area (Å²) >= 11 is 0. The SMILES string of the molecule is CC(C)C[C@H]1CN(c2cncc(C(=O)c3cccnc3N)n2)CCN1.CCC[C@@H]1CN(c2cccc(C(=O)c3cccnc3N)n2)C[C@H](CC(C)C)N1.CCC[C@H]1CN(c2cccc(C(=O)c3cccnc3N)n2)C[C@H](CC(C)C)N1.N#Cc1ccc2c(c1)c(C(=O)c1cccnc1N)nn2C1CCNCC1.[HH].[HH].[HH]. The van der Waals surface area contributed by atoms with Crippen LogP contribution in [0.4, 0.5) is 40.7 Å². The number of nitriles is 1. The lowest BCUT2D eigenvalue weighted by Crippen LogP contribution is -2.57. The fraction of sp³-hybridized carbons (Fsp3) is 0.432. The van der Waals surface area contributed by atoms with Crippen molar-refractivity contribution in [3.63, 3.8) is 0 Å². The Morgan fingerprint density at radius 1 is 0.514 bits per heavy atom. The van der Waals surface area contributed by atoms with E-state index in [1.165, 1.54) is 6.20 Å². The summed E-state index contributed by atoms with van der Waals surface area (Å²) in [4.78, 5) is 92.4. The molecule has 5 atom stereocenters. The number of carbonyl (C=O) groups is 4. The van der Waals surface area contributed by atoms with Crippen LogP contribution in [0.2, 0.25) is 0 Å². The van der Waals surface area contributed by atoms with Crippen LogP contribution in [-0.2, 0) is 0 Å². The van der Waals surface area contributed by atoms with Crippen molar-refractivity contribution >= 4 is 74.8 Å². The predicted octanol–water partition coefficient (Wildman–Crippen LogP) is 10.9. The molecule has 26 nitrogen and oxygen atoms in total. The topological polar surface area (TPSA) is 375 Å². The van der Waals surface area contributed by atoms with Crippen LogP contribution in [0.3, 0.4) is 0 Å². The number of carbonyl (C=O) groups excluding carboxylic acids is 4. The zero-order chi connectivity index (χ0) is 76.1. The smallest absolute Gasteiger partial charge is 0.217 e. The van der Waals surface area contributed by atoms with Crippen molar-refractivity contribution in [2.45, 2.75) is 149 Å². The fourth-order valence-electron chi connectivity index (χ4n) is 14.5. The molecule has 13 rings (SSSR count). The third-order valence-electron chi connectivity index (χ3n) is 19.3. The van der Waals surface area contributed by atoms with Crippen molar-refractivity contribution in [2.75, 3.05) is 96.5 Å². The van der Waals surface area contributed by atoms with Gasteiger partial charge in [-0.3, -0.25) is 28.8 Å². The second kappa shape index (κ2) is 38.0. The molecule has 4 fully saturated rings. The van der Waals surface area contributed by atoms with Crippen molar-refractivity contribution in [3.05, 3.63) is 191 Å². The van der Waals surface area contributed by atoms with E-state index in [1.807, 2.05) is 35.0 Å². The Hall–Kier alpha value is -10.7. The summed E-state index contributed by atoms with van der Waals surface area (Å²) < 4.78 is 1.93. The van der Waals surface area contributed by atoms with Crippen molar-refractivity contribution in [1.82, 2.24) is 70.9 Å². The Morgan fingerprint density at radius 2 is 0.953 bits per heavy atom. The number of hydrogen-bond acceptors (Lipinski definition) is 25. The fourth-order valence-corrected chi connectivity index (χ4v) is 14.5. The first-order valence-electron chi connectivity index (χ1n) is 37.6. The molecule has 9 aromatic rings. The summed E-state index contributed by atoms with van der Waals surface area (Å²) in [6, 6.07) is 34.6. The first kappa shape index (κ1) is 78.9. The van der Waals surface area contributed by atoms with Gasteiger partial charge in [-0.2, -0.15) is 10.4 Å². The molecule has 1 aromatic carbocycles. The van der Waals surface area contributed by atoms with E-state index >= 15 is 0 Å². The van der Waals surface area contributed by atoms with Gasteiger partial charge in [-0.05, 0) is 167 Å². The molecule has 0 bridgehead atoms. The Bertz CT molecular complexity index is 4400. The highest BCUT2D eigenvalue weighted by Gasteiger charge is 2.32. The number of anilines is 7. The molecule has 0 amide bonds. The van der Waals surface area contributed by atoms with Crippen LogP contribution in [0.25, 0.3) is 10.9 Å². The number of ketones is 4. The van der Waals surface area contributed by atoms with Crippen LogP contribution < -0.4 is 58.9 Å². The largest absolute Gasteiger partial charge is 0.383 e. The molecule has 4 saturated heterocycles. The van der Waals surface area contributed by atoms with Crippen LogP contribution >= 0.6 is 0 Å². The van der Waals surface area contributed by atoms with Crippen LogP contribution in [0.15, 0.2) is 140 Å². The number of nitrogens with one attached hydrogen (secondary N) is 4. The average molecular weight is 1460 g/mol. The van der Waals surface area contributed by atoms with E-state index in [0.29, 0.717) is 98.2 Å². The Kier molecular flexibility index (Phi) is 28.0. The second-order valence-corrected chi connectivity index (χ2v) is 29.2. The summed E-state index contributed by atoms with van der Waals surface area (Å²) in [5.41, 5.74) is 27.7. The van der Waals surface area contributed by atoms with Crippen LogP contribution in [-0.4, -0.2) is 162 Å². The number of fused-ring (bicyclic) bond motifs is 1. The third kappa shape index (κ3) is 21.1. The van der Waals surface area contributed by atoms with Gasteiger partial charge in [0.2, 0.25) is 23.1 Å². The summed E-state index contributed by atoms with van der Waals surface area (Å²) in [6.07, 6.45) is 19.3. The zero-order valence-corrected chi connectivity index (χ0v) is 62.9. The number of benzene rings is 1. The minimum absolute atomic E-state index is 0. The van der Waals surface area contributed by atoms with Gasteiger partial charge < -0.3 is 58.9 Å². The quantitative estimate of drug-likeness (QED) is 0.0292. The number of pyridine rings is 6. The van der Waals surface area contributed by atoms with E-state index in [2.05, 4.69) is 142 Å². The molecular weight excluding hydrogens is 1350 g/mol. The van der Waals surface area contributed by atoms with Gasteiger partial charge in [0, 0.05) is 110 Å². The highest BCUT2D eigenvalue weighted by molar-refractivity contribution is 6.17. The molecule has 12 N–H and O–H groups in total. The number of rotatable bonds is 22. The van der Waals surface area contributed by atoms with E-state index in [-0.39, 0.29) is 62.4 Å². The number of nitrogen functional groups attached to an aromatic ring is 4. The maximum atomic E-state index is 13.1. The van der Waals surface area contributed by atoms with E-state index in [1.54, 1.807) is 104 Å². The highest BCUT2D eigenvalue weighted by Crippen LogP contribution is 2.31. The minimum Gasteiger partial charge on any atom is -0.383 e. The molecule has 26 heteroatoms. The van der Waals surface area contributed by atoms with Gasteiger partial charge in [-0.1, -0.05) is 80.4 Å². The molecule has 4 aliphatic rings. The van der Waals surface area contributed by atoms with Gasteiger partial charge in [0.1, 0.15) is 63.5 Å². The third-order valence-corrected chi connectivity index (χ3v) is 19.3. The molecule has 4 aliphatic heterocycles. The molecule has 0 saturated carbocycles. The molecule has 8 aromatic heterocycles. The van der Waals surface area contributed by atoms with Crippen molar-refractivity contribution in [3.8, 4) is 6.07 Å². The average Bonchev–Trinajstić information content (AvgIpc) is 1.61. The predicted molar refractivity (Wildman–Crippen MR) is 429 cm³/mol. The summed E-state index contributed by atoms with van der Waals surface area (Å²) in [5, 5.41) is 29.0. The number of aromatic nitrogens is 10. The number of hydrogen-bond donors (Lipinski definition) is 8. The van der Waals surface area contributed by atoms with E-state index in [4.69, 9.17) is 22.9 Å². The zero-order valence-electron chi connectivity index (χ0n) is 62.9. The highest BCUT2D eigenvalue weighted by atomic mass is 16.1. The van der Waals surface area contributed by atoms with Crippen LogP contribution in [0, 0.1) is 29.1 Å². The van der Waals surface area contributed by atoms with Crippen molar-refractivity contribution < 1.29 is 23.5 Å². The lowest BCUT2D eigenvalue weighted by molar-refractivity contribution is 0.102. The standard InChI is InChI=1S/2C22H31N5O.C19H18N6O.C18H24N6O.3H2/c2*1-4-7-16-13-27(14-17(25-16)12-15(2)3)20-10-5-9-19(26-20)21(28)18-8-6-11-24-22(18)23;20-11-12-3-4-16-15(10-12)17(18(26)14-2-1-7-23-19(14)21)24-25(16)13-5-8-22-9-6-13;1-12(2)8-13-11-24(7-6-21-13)16-10-20-9-15(23-16)17(25)14-4-3-5-22-18(14)19;;;/h2*5-6,8-11,15-17,25H,4,7,12-14H2,1-3H3,(H2,23,24);1-4,7,10,13,22H,5-6,8-9H2,(H2,21,23);3-5,9-10,12-13,21H,6-8,11H2,1-2H3,(H2,19,22);3*1H/t16-,17+;16-,17-;;13-;;;/m10.0.../s1. The second-order valence-electron chi connectivity index (χ2n) is 29.2. The number of nitrogens with zero attached hydrogens (tertiary/aromatic N) is 14. The molecule has 568 valence electrons.